The van der Waals surface area contributed by atoms with Crippen molar-refractivity contribution < 1.29 is 19.5 Å². The van der Waals surface area contributed by atoms with Gasteiger partial charge in [-0.15, -0.1) is 0 Å². The molecule has 2 fully saturated rings. The van der Waals surface area contributed by atoms with Crippen LogP contribution < -0.4 is 0 Å². The second kappa shape index (κ2) is 7.68. The normalized spacial score (nSPS) is 21.3. The molecule has 0 aromatic heterocycles. The fourth-order valence-corrected chi connectivity index (χ4v) is 3.67. The fraction of sp³-hybridized carbons (Fsp3) is 0.526. The summed E-state index contributed by atoms with van der Waals surface area (Å²) in [5, 5.41) is 8.99. The van der Waals surface area contributed by atoms with E-state index in [2.05, 4.69) is 0 Å². The van der Waals surface area contributed by atoms with Crippen LogP contribution in [0.15, 0.2) is 24.3 Å². The third-order valence-electron chi connectivity index (χ3n) is 5.15. The topological polar surface area (TPSA) is 77.9 Å². The monoisotopic (exact) mass is 344 g/mol. The molecule has 1 aromatic rings. The number of amides is 2. The molecule has 25 heavy (non-hydrogen) atoms. The first-order valence-corrected chi connectivity index (χ1v) is 8.93. The summed E-state index contributed by atoms with van der Waals surface area (Å²) in [6.45, 7) is 2.22. The van der Waals surface area contributed by atoms with Crippen LogP contribution in [-0.4, -0.2) is 58.9 Å². The molecule has 0 spiro atoms. The zero-order valence-electron chi connectivity index (χ0n) is 14.3. The number of carboxylic acids is 1. The zero-order valence-corrected chi connectivity index (χ0v) is 14.3. The van der Waals surface area contributed by atoms with E-state index in [9.17, 15) is 14.4 Å². The van der Waals surface area contributed by atoms with Gasteiger partial charge in [-0.1, -0.05) is 12.1 Å². The highest BCUT2D eigenvalue weighted by molar-refractivity contribution is 5.87. The SMILES string of the molecule is O=C(O)c1ccc([C@H]2CCCN(C(=O)CN3CCCCC3=O)C2)cc1. The Kier molecular flexibility index (Phi) is 5.36. The van der Waals surface area contributed by atoms with Gasteiger partial charge in [0, 0.05) is 32.0 Å². The Morgan fingerprint density at radius 2 is 1.84 bits per heavy atom. The highest BCUT2D eigenvalue weighted by Crippen LogP contribution is 2.27. The summed E-state index contributed by atoms with van der Waals surface area (Å²) in [7, 11) is 0. The Hall–Kier alpha value is -2.37. The number of nitrogens with zero attached hydrogens (tertiary/aromatic N) is 2. The minimum Gasteiger partial charge on any atom is -0.478 e. The van der Waals surface area contributed by atoms with Crippen molar-refractivity contribution >= 4 is 17.8 Å². The quantitative estimate of drug-likeness (QED) is 0.907. The van der Waals surface area contributed by atoms with Crippen LogP contribution >= 0.6 is 0 Å². The highest BCUT2D eigenvalue weighted by Gasteiger charge is 2.28. The summed E-state index contributed by atoms with van der Waals surface area (Å²) in [6.07, 6.45) is 4.34. The molecule has 0 bridgehead atoms. The van der Waals surface area contributed by atoms with Gasteiger partial charge in [0.1, 0.15) is 0 Å². The number of hydrogen-bond acceptors (Lipinski definition) is 3. The van der Waals surface area contributed by atoms with Crippen LogP contribution in [0.1, 0.15) is 53.9 Å². The summed E-state index contributed by atoms with van der Waals surface area (Å²) in [4.78, 5) is 39.0. The summed E-state index contributed by atoms with van der Waals surface area (Å²) in [6, 6.07) is 6.92. The van der Waals surface area contributed by atoms with Crippen molar-refractivity contribution in [1.29, 1.82) is 0 Å². The largest absolute Gasteiger partial charge is 0.478 e. The highest BCUT2D eigenvalue weighted by atomic mass is 16.4. The molecule has 134 valence electrons. The lowest BCUT2D eigenvalue weighted by Gasteiger charge is -2.35. The van der Waals surface area contributed by atoms with Crippen molar-refractivity contribution in [2.24, 2.45) is 0 Å². The van der Waals surface area contributed by atoms with Gasteiger partial charge < -0.3 is 14.9 Å². The summed E-state index contributed by atoms with van der Waals surface area (Å²) >= 11 is 0. The number of likely N-dealkylation sites (tertiary alicyclic amines) is 2. The van der Waals surface area contributed by atoms with Crippen LogP contribution in [0.4, 0.5) is 0 Å². The third-order valence-corrected chi connectivity index (χ3v) is 5.15. The molecule has 0 unspecified atom stereocenters. The number of piperidine rings is 2. The van der Waals surface area contributed by atoms with E-state index in [1.54, 1.807) is 17.0 Å². The molecule has 6 heteroatoms. The molecule has 6 nitrogen and oxygen atoms in total. The first-order chi connectivity index (χ1) is 12.0. The lowest BCUT2D eigenvalue weighted by molar-refractivity contribution is -0.142. The van der Waals surface area contributed by atoms with Gasteiger partial charge in [-0.2, -0.15) is 0 Å². The molecule has 2 amide bonds. The number of carboxylic acid groups (broad SMARTS) is 1. The maximum absolute atomic E-state index is 12.6. The van der Waals surface area contributed by atoms with Crippen molar-refractivity contribution in [2.45, 2.75) is 38.0 Å². The molecule has 0 radical (unpaired) electrons. The molecule has 2 aliphatic rings. The van der Waals surface area contributed by atoms with Gasteiger partial charge in [-0.05, 0) is 43.4 Å². The van der Waals surface area contributed by atoms with Crippen LogP contribution in [0.2, 0.25) is 0 Å². The Morgan fingerprint density at radius 1 is 1.08 bits per heavy atom. The Balaban J connectivity index is 1.61. The maximum Gasteiger partial charge on any atom is 0.335 e. The number of hydrogen-bond donors (Lipinski definition) is 1. The van der Waals surface area contributed by atoms with Crippen LogP contribution in [0, 0.1) is 0 Å². The van der Waals surface area contributed by atoms with E-state index in [1.807, 2.05) is 17.0 Å². The Bertz CT molecular complexity index is 656. The molecule has 3 rings (SSSR count). The van der Waals surface area contributed by atoms with Crippen molar-refractivity contribution in [3.8, 4) is 0 Å². The molecule has 1 N–H and O–H groups in total. The predicted octanol–water partition coefficient (Wildman–Crippen LogP) is 2.10. The number of rotatable bonds is 4. The molecular weight excluding hydrogens is 320 g/mol. The standard InChI is InChI=1S/C19H24N2O4/c22-17-5-1-2-10-21(17)13-18(23)20-11-3-4-16(12-20)14-6-8-15(9-7-14)19(24)25/h6-9,16H,1-5,10-13H2,(H,24,25)/t16-/m0/s1. The molecule has 2 heterocycles. The minimum atomic E-state index is -0.932. The van der Waals surface area contributed by atoms with Crippen molar-refractivity contribution in [3.05, 3.63) is 35.4 Å². The average molecular weight is 344 g/mol. The second-order valence-corrected chi connectivity index (χ2v) is 6.88. The lowest BCUT2D eigenvalue weighted by atomic mass is 9.90. The second-order valence-electron chi connectivity index (χ2n) is 6.88. The lowest BCUT2D eigenvalue weighted by Crippen LogP contribution is -2.47. The number of carbonyl (C=O) groups is 3. The Morgan fingerprint density at radius 3 is 2.52 bits per heavy atom. The summed E-state index contributed by atoms with van der Waals surface area (Å²) in [5.74, 6) is -0.615. The summed E-state index contributed by atoms with van der Waals surface area (Å²) < 4.78 is 0. The van der Waals surface area contributed by atoms with Gasteiger partial charge in [0.2, 0.25) is 11.8 Å². The van der Waals surface area contributed by atoms with E-state index in [4.69, 9.17) is 5.11 Å². The van der Waals surface area contributed by atoms with E-state index in [-0.39, 0.29) is 29.8 Å². The molecule has 1 atom stereocenters. The van der Waals surface area contributed by atoms with Crippen molar-refractivity contribution in [1.82, 2.24) is 9.80 Å². The molecular formula is C19H24N2O4. The first-order valence-electron chi connectivity index (χ1n) is 8.93. The third kappa shape index (κ3) is 4.18. The molecule has 1 aromatic carbocycles. The number of carbonyl (C=O) groups excluding carboxylic acids is 2. The van der Waals surface area contributed by atoms with Crippen LogP contribution in [0.3, 0.4) is 0 Å². The average Bonchev–Trinajstić information content (AvgIpc) is 2.64. The maximum atomic E-state index is 12.6. The van der Waals surface area contributed by atoms with E-state index >= 15 is 0 Å². The molecule has 0 saturated carbocycles. The van der Waals surface area contributed by atoms with E-state index < -0.39 is 5.97 Å². The van der Waals surface area contributed by atoms with Gasteiger partial charge in [0.15, 0.2) is 0 Å². The molecule has 2 aliphatic heterocycles. The minimum absolute atomic E-state index is 0.0158. The number of benzene rings is 1. The summed E-state index contributed by atoms with van der Waals surface area (Å²) in [5.41, 5.74) is 1.34. The van der Waals surface area contributed by atoms with Crippen LogP contribution in [0.5, 0.6) is 0 Å². The van der Waals surface area contributed by atoms with E-state index in [0.717, 1.165) is 37.8 Å². The van der Waals surface area contributed by atoms with Gasteiger partial charge in [0.25, 0.3) is 0 Å². The number of aromatic carboxylic acids is 1. The van der Waals surface area contributed by atoms with Crippen molar-refractivity contribution in [2.75, 3.05) is 26.2 Å². The van der Waals surface area contributed by atoms with Gasteiger partial charge >= 0.3 is 5.97 Å². The van der Waals surface area contributed by atoms with Crippen LogP contribution in [0.25, 0.3) is 0 Å². The van der Waals surface area contributed by atoms with Gasteiger partial charge in [-0.25, -0.2) is 4.79 Å². The van der Waals surface area contributed by atoms with E-state index in [1.165, 1.54) is 0 Å². The molecule has 0 aliphatic carbocycles. The fourth-order valence-electron chi connectivity index (χ4n) is 3.67. The Labute approximate surface area is 147 Å². The molecule has 2 saturated heterocycles. The van der Waals surface area contributed by atoms with Gasteiger partial charge in [-0.3, -0.25) is 9.59 Å². The smallest absolute Gasteiger partial charge is 0.335 e. The van der Waals surface area contributed by atoms with Gasteiger partial charge in [0.05, 0.1) is 12.1 Å². The van der Waals surface area contributed by atoms with Crippen LogP contribution in [-0.2, 0) is 9.59 Å². The van der Waals surface area contributed by atoms with E-state index in [0.29, 0.717) is 19.5 Å². The predicted molar refractivity (Wildman–Crippen MR) is 92.4 cm³/mol. The first kappa shape index (κ1) is 17.5. The van der Waals surface area contributed by atoms with Crippen molar-refractivity contribution in [3.63, 3.8) is 0 Å². The zero-order chi connectivity index (χ0) is 17.8.